The topological polar surface area (TPSA) is 46.2 Å². The van der Waals surface area contributed by atoms with Gasteiger partial charge in [-0.25, -0.2) is 0 Å². The normalized spacial score (nSPS) is 20.3. The van der Waals surface area contributed by atoms with Gasteiger partial charge in [-0.05, 0) is 11.6 Å². The first kappa shape index (κ1) is 7.98. The van der Waals surface area contributed by atoms with E-state index in [1.807, 2.05) is 18.2 Å². The molecule has 0 bridgehead atoms. The van der Waals surface area contributed by atoms with E-state index in [0.29, 0.717) is 12.0 Å². The zero-order chi connectivity index (χ0) is 9.26. The zero-order valence-electron chi connectivity index (χ0n) is 6.99. The monoisotopic (exact) mass is 175 g/mol. The van der Waals surface area contributed by atoms with Crippen LogP contribution in [0.2, 0.25) is 0 Å². The van der Waals surface area contributed by atoms with E-state index in [1.165, 1.54) is 0 Å². The van der Waals surface area contributed by atoms with E-state index in [4.69, 9.17) is 0 Å². The van der Waals surface area contributed by atoms with Crippen molar-refractivity contribution in [2.75, 3.05) is 0 Å². The van der Waals surface area contributed by atoms with Crippen molar-refractivity contribution in [2.45, 2.75) is 12.5 Å². The molecule has 0 spiro atoms. The van der Waals surface area contributed by atoms with E-state index in [2.05, 4.69) is 5.32 Å². The minimum Gasteiger partial charge on any atom is -0.342 e. The molecule has 1 unspecified atom stereocenters. The van der Waals surface area contributed by atoms with Crippen LogP contribution in [0.15, 0.2) is 24.3 Å². The van der Waals surface area contributed by atoms with Crippen LogP contribution < -0.4 is 5.32 Å². The van der Waals surface area contributed by atoms with Gasteiger partial charge in [0.25, 0.3) is 5.91 Å². The molecule has 0 aromatic heterocycles. The lowest BCUT2D eigenvalue weighted by atomic mass is 9.96. The number of rotatable bonds is 1. The molecular formula is C10H9NO2. The van der Waals surface area contributed by atoms with Gasteiger partial charge in [-0.3, -0.25) is 4.79 Å². The lowest BCUT2D eigenvalue weighted by Crippen LogP contribution is -2.42. The number of benzene rings is 1. The van der Waals surface area contributed by atoms with Crippen LogP contribution in [0.4, 0.5) is 0 Å². The second kappa shape index (κ2) is 3.01. The van der Waals surface area contributed by atoms with Crippen molar-refractivity contribution < 1.29 is 9.59 Å². The highest BCUT2D eigenvalue weighted by atomic mass is 16.2. The Kier molecular flexibility index (Phi) is 1.85. The van der Waals surface area contributed by atoms with Crippen LogP contribution in [0.1, 0.15) is 15.9 Å². The van der Waals surface area contributed by atoms with Crippen LogP contribution in [-0.2, 0) is 11.2 Å². The Hall–Kier alpha value is -1.64. The molecule has 1 atom stereocenters. The minimum atomic E-state index is -0.359. The predicted octanol–water partition coefficient (Wildman–Crippen LogP) is 0.540. The van der Waals surface area contributed by atoms with Gasteiger partial charge in [0.1, 0.15) is 6.29 Å². The molecule has 1 aliphatic heterocycles. The van der Waals surface area contributed by atoms with Crippen molar-refractivity contribution in [1.29, 1.82) is 0 Å². The van der Waals surface area contributed by atoms with Crippen LogP contribution in [0.3, 0.4) is 0 Å². The molecule has 3 heteroatoms. The molecule has 13 heavy (non-hydrogen) atoms. The fourth-order valence-electron chi connectivity index (χ4n) is 1.54. The maximum atomic E-state index is 11.4. The third-order valence-electron chi connectivity index (χ3n) is 2.18. The average molecular weight is 175 g/mol. The fraction of sp³-hybridized carbons (Fsp3) is 0.200. The van der Waals surface area contributed by atoms with Crippen LogP contribution in [0.5, 0.6) is 0 Å². The van der Waals surface area contributed by atoms with E-state index in [1.54, 1.807) is 6.07 Å². The highest BCUT2D eigenvalue weighted by Gasteiger charge is 2.22. The van der Waals surface area contributed by atoms with Gasteiger partial charge in [0.15, 0.2) is 0 Å². The van der Waals surface area contributed by atoms with Gasteiger partial charge in [-0.1, -0.05) is 18.2 Å². The number of carbonyl (C=O) groups excluding carboxylic acids is 2. The van der Waals surface area contributed by atoms with Crippen molar-refractivity contribution in [2.24, 2.45) is 0 Å². The molecule has 2 rings (SSSR count). The Morgan fingerprint density at radius 3 is 2.92 bits per heavy atom. The predicted molar refractivity (Wildman–Crippen MR) is 47.5 cm³/mol. The van der Waals surface area contributed by atoms with Gasteiger partial charge in [0.2, 0.25) is 0 Å². The number of hydrogen-bond donors (Lipinski definition) is 1. The molecule has 66 valence electrons. The van der Waals surface area contributed by atoms with Gasteiger partial charge < -0.3 is 10.1 Å². The van der Waals surface area contributed by atoms with Crippen molar-refractivity contribution >= 4 is 12.2 Å². The second-order valence-electron chi connectivity index (χ2n) is 3.08. The van der Waals surface area contributed by atoms with Crippen molar-refractivity contribution in [3.63, 3.8) is 0 Å². The number of amides is 1. The molecule has 0 radical (unpaired) electrons. The summed E-state index contributed by atoms with van der Waals surface area (Å²) >= 11 is 0. The van der Waals surface area contributed by atoms with E-state index in [0.717, 1.165) is 11.8 Å². The summed E-state index contributed by atoms with van der Waals surface area (Å²) in [7, 11) is 0. The van der Waals surface area contributed by atoms with Gasteiger partial charge in [0, 0.05) is 12.0 Å². The van der Waals surface area contributed by atoms with Crippen molar-refractivity contribution in [3.05, 3.63) is 35.4 Å². The second-order valence-corrected chi connectivity index (χ2v) is 3.08. The summed E-state index contributed by atoms with van der Waals surface area (Å²) in [6, 6.07) is 6.98. The Bertz CT molecular complexity index is 360. The Morgan fingerprint density at radius 1 is 1.38 bits per heavy atom. The molecule has 3 nitrogen and oxygen atoms in total. The molecule has 1 N–H and O–H groups in total. The van der Waals surface area contributed by atoms with E-state index in [-0.39, 0.29) is 11.9 Å². The van der Waals surface area contributed by atoms with E-state index >= 15 is 0 Å². The molecule has 1 amide bonds. The fourth-order valence-corrected chi connectivity index (χ4v) is 1.54. The maximum absolute atomic E-state index is 11.4. The van der Waals surface area contributed by atoms with Gasteiger partial charge in [-0.15, -0.1) is 0 Å². The zero-order valence-corrected chi connectivity index (χ0v) is 6.99. The third-order valence-corrected chi connectivity index (χ3v) is 2.18. The van der Waals surface area contributed by atoms with E-state index in [9.17, 15) is 9.59 Å². The minimum absolute atomic E-state index is 0.154. The smallest absolute Gasteiger partial charge is 0.252 e. The summed E-state index contributed by atoms with van der Waals surface area (Å²) in [5.41, 5.74) is 1.63. The number of fused-ring (bicyclic) bond motifs is 1. The lowest BCUT2D eigenvalue weighted by molar-refractivity contribution is -0.109. The average Bonchev–Trinajstić information content (AvgIpc) is 2.18. The Balaban J connectivity index is 2.42. The number of aldehydes is 1. The Labute approximate surface area is 75.8 Å². The molecule has 1 aromatic carbocycles. The molecule has 0 aliphatic carbocycles. The quantitative estimate of drug-likeness (QED) is 0.633. The number of nitrogens with one attached hydrogen (secondary N) is 1. The molecular weight excluding hydrogens is 166 g/mol. The number of carbonyl (C=O) groups is 2. The molecule has 0 fully saturated rings. The maximum Gasteiger partial charge on any atom is 0.252 e. The highest BCUT2D eigenvalue weighted by Crippen LogP contribution is 2.15. The first-order chi connectivity index (χ1) is 6.31. The van der Waals surface area contributed by atoms with Gasteiger partial charge >= 0.3 is 0 Å². The van der Waals surface area contributed by atoms with Crippen LogP contribution in [0.25, 0.3) is 0 Å². The van der Waals surface area contributed by atoms with Crippen molar-refractivity contribution in [3.8, 4) is 0 Å². The number of hydrogen-bond acceptors (Lipinski definition) is 2. The first-order valence-electron chi connectivity index (χ1n) is 4.15. The van der Waals surface area contributed by atoms with Crippen LogP contribution in [0, 0.1) is 0 Å². The summed E-state index contributed by atoms with van der Waals surface area (Å²) < 4.78 is 0. The summed E-state index contributed by atoms with van der Waals surface area (Å²) in [5, 5.41) is 2.62. The molecule has 0 saturated carbocycles. The van der Waals surface area contributed by atoms with Gasteiger partial charge in [-0.2, -0.15) is 0 Å². The highest BCUT2D eigenvalue weighted by molar-refractivity contribution is 5.98. The summed E-state index contributed by atoms with van der Waals surface area (Å²) in [6.45, 7) is 0. The Morgan fingerprint density at radius 2 is 2.15 bits per heavy atom. The van der Waals surface area contributed by atoms with Crippen LogP contribution in [-0.4, -0.2) is 18.2 Å². The van der Waals surface area contributed by atoms with Crippen LogP contribution >= 0.6 is 0 Å². The summed E-state index contributed by atoms with van der Waals surface area (Å²) in [4.78, 5) is 21.9. The van der Waals surface area contributed by atoms with E-state index < -0.39 is 0 Å². The summed E-state index contributed by atoms with van der Waals surface area (Å²) in [6.07, 6.45) is 1.37. The standard InChI is InChI=1S/C10H9NO2/c12-6-8-5-7-3-1-2-4-9(7)10(13)11-8/h1-4,6,8H,5H2,(H,11,13). The van der Waals surface area contributed by atoms with Gasteiger partial charge in [0.05, 0.1) is 6.04 Å². The molecule has 0 saturated heterocycles. The molecule has 1 aromatic rings. The lowest BCUT2D eigenvalue weighted by Gasteiger charge is -2.20. The molecule has 1 aliphatic rings. The SMILES string of the molecule is O=CC1Cc2ccccc2C(=O)N1. The van der Waals surface area contributed by atoms with Crippen molar-refractivity contribution in [1.82, 2.24) is 5.32 Å². The first-order valence-corrected chi connectivity index (χ1v) is 4.15. The summed E-state index contributed by atoms with van der Waals surface area (Å²) in [5.74, 6) is -0.154. The molecule has 1 heterocycles. The third kappa shape index (κ3) is 1.33. The largest absolute Gasteiger partial charge is 0.342 e.